The maximum absolute atomic E-state index is 6.76. The molecule has 5 rings (SSSR count). The number of nitrogens with zero attached hydrogens (tertiary/aromatic N) is 1. The molecule has 0 heterocycles. The highest BCUT2D eigenvalue weighted by Gasteiger charge is 2.35. The zero-order valence-corrected chi connectivity index (χ0v) is 36.4. The number of nitrogens with one attached hydrogen (secondary N) is 1. The fourth-order valence-electron chi connectivity index (χ4n) is 6.85. The standard InChI is InChI=1S/C51H66N2O4/c1-36(2)48(43-16-14-13-15-17-43)53(50(8,9)10)57-38(4)42-24-20-40(21-25-42)35-55-47-32-28-45(29-33-47)51(11,12)44-26-30-46(31-27-44)54-34-39-18-22-41(23-19-39)37(3)56-52-49(5,6)7/h13-33,36-38,48,52H,34-35H2,1-12H3. The van der Waals surface area contributed by atoms with Crippen LogP contribution in [0.2, 0.25) is 0 Å². The smallest absolute Gasteiger partial charge is 0.119 e. The molecule has 0 saturated carbocycles. The van der Waals surface area contributed by atoms with E-state index in [9.17, 15) is 0 Å². The van der Waals surface area contributed by atoms with Gasteiger partial charge in [0, 0.05) is 16.5 Å². The Labute approximate surface area is 343 Å². The number of hydroxylamine groups is 3. The average molecular weight is 771 g/mol. The predicted octanol–water partition coefficient (Wildman–Crippen LogP) is 13.0. The first-order chi connectivity index (χ1) is 26.9. The third kappa shape index (κ3) is 12.3. The third-order valence-electron chi connectivity index (χ3n) is 10.4. The summed E-state index contributed by atoms with van der Waals surface area (Å²) in [5.74, 6) is 2.06. The average Bonchev–Trinajstić information content (AvgIpc) is 3.18. The summed E-state index contributed by atoms with van der Waals surface area (Å²) in [7, 11) is 0. The van der Waals surface area contributed by atoms with Crippen molar-refractivity contribution in [2.45, 2.75) is 131 Å². The van der Waals surface area contributed by atoms with Crippen LogP contribution in [-0.2, 0) is 28.3 Å². The minimum atomic E-state index is -0.194. The van der Waals surface area contributed by atoms with Crippen molar-refractivity contribution in [3.8, 4) is 11.5 Å². The van der Waals surface area contributed by atoms with Crippen LogP contribution in [0.5, 0.6) is 11.5 Å². The van der Waals surface area contributed by atoms with Crippen LogP contribution in [0.4, 0.5) is 0 Å². The van der Waals surface area contributed by atoms with Crippen LogP contribution in [0, 0.1) is 5.92 Å². The molecule has 0 spiro atoms. The van der Waals surface area contributed by atoms with Crippen LogP contribution >= 0.6 is 0 Å². The van der Waals surface area contributed by atoms with Crippen LogP contribution in [0.3, 0.4) is 0 Å². The second-order valence-electron chi connectivity index (χ2n) is 18.2. The molecule has 5 aromatic rings. The molecular weight excluding hydrogens is 705 g/mol. The summed E-state index contributed by atoms with van der Waals surface area (Å²) in [6.45, 7) is 27.1. The summed E-state index contributed by atoms with van der Waals surface area (Å²) in [6, 6.07) is 44.7. The molecule has 3 unspecified atom stereocenters. The predicted molar refractivity (Wildman–Crippen MR) is 234 cm³/mol. The van der Waals surface area contributed by atoms with Gasteiger partial charge in [0.2, 0.25) is 0 Å². The van der Waals surface area contributed by atoms with Crippen molar-refractivity contribution in [3.05, 3.63) is 166 Å². The fraction of sp³-hybridized carbons (Fsp3) is 0.412. The lowest BCUT2D eigenvalue weighted by Crippen LogP contribution is -2.46. The first-order valence-electron chi connectivity index (χ1n) is 20.5. The Morgan fingerprint density at radius 1 is 0.509 bits per heavy atom. The molecule has 0 aliphatic carbocycles. The summed E-state index contributed by atoms with van der Waals surface area (Å²) in [6.07, 6.45) is -0.161. The van der Waals surface area contributed by atoms with E-state index >= 15 is 0 Å². The van der Waals surface area contributed by atoms with Crippen molar-refractivity contribution < 1.29 is 19.1 Å². The first kappa shape index (κ1) is 43.7. The minimum Gasteiger partial charge on any atom is -0.489 e. The monoisotopic (exact) mass is 771 g/mol. The van der Waals surface area contributed by atoms with Gasteiger partial charge in [0.25, 0.3) is 0 Å². The summed E-state index contributed by atoms with van der Waals surface area (Å²) >= 11 is 0. The van der Waals surface area contributed by atoms with Gasteiger partial charge < -0.3 is 9.47 Å². The summed E-state index contributed by atoms with van der Waals surface area (Å²) in [5, 5.41) is 2.19. The highest BCUT2D eigenvalue weighted by Crippen LogP contribution is 2.37. The molecule has 304 valence electrons. The number of rotatable bonds is 17. The number of hydrogen-bond donors (Lipinski definition) is 1. The third-order valence-corrected chi connectivity index (χ3v) is 10.4. The summed E-state index contributed by atoms with van der Waals surface area (Å²) < 4.78 is 12.4. The quantitative estimate of drug-likeness (QED) is 0.0951. The van der Waals surface area contributed by atoms with Crippen molar-refractivity contribution in [2.75, 3.05) is 0 Å². The van der Waals surface area contributed by atoms with Gasteiger partial charge in [0.1, 0.15) is 36.9 Å². The lowest BCUT2D eigenvalue weighted by Gasteiger charge is -2.44. The molecule has 0 aromatic heterocycles. The molecule has 0 aliphatic heterocycles. The molecule has 0 aliphatic rings. The normalized spacial score (nSPS) is 14.1. The van der Waals surface area contributed by atoms with E-state index in [1.165, 1.54) is 16.7 Å². The van der Waals surface area contributed by atoms with E-state index in [1.54, 1.807) is 0 Å². The Morgan fingerprint density at radius 3 is 1.35 bits per heavy atom. The van der Waals surface area contributed by atoms with Gasteiger partial charge in [-0.3, -0.25) is 9.68 Å². The molecule has 6 nitrogen and oxygen atoms in total. The lowest BCUT2D eigenvalue weighted by atomic mass is 9.78. The van der Waals surface area contributed by atoms with Gasteiger partial charge in [0.15, 0.2) is 0 Å². The fourth-order valence-corrected chi connectivity index (χ4v) is 6.85. The van der Waals surface area contributed by atoms with E-state index in [4.69, 9.17) is 19.1 Å². The molecule has 57 heavy (non-hydrogen) atoms. The minimum absolute atomic E-state index is 0.0483. The Morgan fingerprint density at radius 2 is 0.947 bits per heavy atom. The van der Waals surface area contributed by atoms with Gasteiger partial charge >= 0.3 is 0 Å². The highest BCUT2D eigenvalue weighted by atomic mass is 16.7. The van der Waals surface area contributed by atoms with E-state index in [2.05, 4.69) is 214 Å². The Kier molecular flexibility index (Phi) is 14.4. The molecule has 0 saturated heterocycles. The molecule has 0 bridgehead atoms. The van der Waals surface area contributed by atoms with E-state index in [-0.39, 0.29) is 34.7 Å². The van der Waals surface area contributed by atoms with Crippen LogP contribution in [0.25, 0.3) is 0 Å². The number of benzene rings is 5. The van der Waals surface area contributed by atoms with Crippen LogP contribution in [0.15, 0.2) is 127 Å². The van der Waals surface area contributed by atoms with Gasteiger partial charge in [-0.1, -0.05) is 131 Å². The zero-order valence-electron chi connectivity index (χ0n) is 36.4. The van der Waals surface area contributed by atoms with Gasteiger partial charge in [-0.2, -0.15) is 10.5 Å². The van der Waals surface area contributed by atoms with Crippen molar-refractivity contribution in [3.63, 3.8) is 0 Å². The number of hydrogen-bond acceptors (Lipinski definition) is 6. The topological polar surface area (TPSA) is 52.2 Å². The largest absolute Gasteiger partial charge is 0.489 e. The van der Waals surface area contributed by atoms with Gasteiger partial charge in [-0.15, -0.1) is 0 Å². The van der Waals surface area contributed by atoms with Crippen molar-refractivity contribution in [2.24, 2.45) is 5.92 Å². The number of ether oxygens (including phenoxy) is 2. The maximum Gasteiger partial charge on any atom is 0.119 e. The van der Waals surface area contributed by atoms with E-state index in [0.717, 1.165) is 33.8 Å². The van der Waals surface area contributed by atoms with E-state index in [1.807, 2.05) is 6.92 Å². The molecule has 0 fully saturated rings. The molecule has 3 atom stereocenters. The maximum atomic E-state index is 6.76. The van der Waals surface area contributed by atoms with Gasteiger partial charge in [-0.25, -0.2) is 0 Å². The Hall–Kier alpha value is -4.46. The van der Waals surface area contributed by atoms with Crippen molar-refractivity contribution in [1.29, 1.82) is 0 Å². The molecule has 0 amide bonds. The molecular formula is C51H66N2O4. The van der Waals surface area contributed by atoms with E-state index in [0.29, 0.717) is 19.1 Å². The van der Waals surface area contributed by atoms with Gasteiger partial charge in [-0.05, 0) is 125 Å². The highest BCUT2D eigenvalue weighted by molar-refractivity contribution is 5.42. The SMILES string of the molecule is CC(ONC(C)(C)C)c1ccc(COc2ccc(C(C)(C)c3ccc(OCc4ccc(C(C)ON(C(c5ccccc5)C(C)C)C(C)(C)C)cc4)cc3)cc2)cc1. The van der Waals surface area contributed by atoms with Crippen LogP contribution < -0.4 is 15.0 Å². The second-order valence-corrected chi connectivity index (χ2v) is 18.2. The molecule has 1 N–H and O–H groups in total. The lowest BCUT2D eigenvalue weighted by molar-refractivity contribution is -0.272. The molecule has 5 aromatic carbocycles. The van der Waals surface area contributed by atoms with Crippen LogP contribution in [0.1, 0.15) is 140 Å². The summed E-state index contributed by atoms with van der Waals surface area (Å²) in [4.78, 5) is 12.6. The molecule has 6 heteroatoms. The molecule has 0 radical (unpaired) electrons. The van der Waals surface area contributed by atoms with E-state index < -0.39 is 0 Å². The summed E-state index contributed by atoms with van der Waals surface area (Å²) in [5.41, 5.74) is 10.8. The van der Waals surface area contributed by atoms with Gasteiger partial charge in [0.05, 0.1) is 6.04 Å². The second kappa shape index (κ2) is 18.9. The Bertz CT molecular complexity index is 1940. The zero-order chi connectivity index (χ0) is 41.4. The first-order valence-corrected chi connectivity index (χ1v) is 20.5. The van der Waals surface area contributed by atoms with Crippen molar-refractivity contribution in [1.82, 2.24) is 10.5 Å². The van der Waals surface area contributed by atoms with Crippen molar-refractivity contribution >= 4 is 0 Å². The van der Waals surface area contributed by atoms with Crippen LogP contribution in [-0.4, -0.2) is 16.1 Å². The Balaban J connectivity index is 1.12.